The number of amides is 1. The van der Waals surface area contributed by atoms with Crippen molar-refractivity contribution >= 4 is 11.9 Å². The Bertz CT molecular complexity index is 1250. The lowest BCUT2D eigenvalue weighted by Crippen LogP contribution is -2.45. The lowest BCUT2D eigenvalue weighted by Gasteiger charge is -2.20. The Kier molecular flexibility index (Phi) is 64.9. The Balaban J connectivity index is 3.41. The number of hydrogen-bond donors (Lipinski definition) is 3. The molecule has 0 spiro atoms. The fourth-order valence-corrected chi connectivity index (χ4v) is 10.8. The van der Waals surface area contributed by atoms with Crippen molar-refractivity contribution in [1.82, 2.24) is 5.32 Å². The van der Waals surface area contributed by atoms with Crippen LogP contribution < -0.4 is 5.32 Å². The molecular formula is C71H135NO5. The smallest absolute Gasteiger partial charge is 0.305 e. The molecule has 454 valence electrons. The molecule has 0 aromatic heterocycles. The fourth-order valence-electron chi connectivity index (χ4n) is 10.8. The molecule has 2 atom stereocenters. The quantitative estimate of drug-likeness (QED) is 0.0320. The number of nitrogens with one attached hydrogen (secondary N) is 1. The van der Waals surface area contributed by atoms with Gasteiger partial charge in [-0.15, -0.1) is 0 Å². The summed E-state index contributed by atoms with van der Waals surface area (Å²) in [7, 11) is 0. The standard InChI is InChI=1S/C71H135NO5/c1-3-5-7-9-11-13-15-17-19-21-23-25-28-31-35-39-43-47-51-55-59-63-69(74)68(67-73)72-70(75)64-60-56-52-48-44-40-36-32-29-26-24-27-30-34-38-42-46-50-54-58-62-66-77-71(76)65-61-57-53-49-45-41-37-33-22-20-18-16-14-12-10-8-6-4-2/h14,16,20,22,59,63,68-69,73-74H,3-13,15,17-19,21,23-58,60-62,64-67H2,1-2H3,(H,72,75)/b16-14-,22-20-,63-59+. The van der Waals surface area contributed by atoms with Crippen LogP contribution in [0.2, 0.25) is 0 Å². The minimum Gasteiger partial charge on any atom is -0.466 e. The molecule has 6 nitrogen and oxygen atoms in total. The number of ether oxygens (including phenoxy) is 1. The fraction of sp³-hybridized carbons (Fsp3) is 0.887. The predicted molar refractivity (Wildman–Crippen MR) is 338 cm³/mol. The third-order valence-electron chi connectivity index (χ3n) is 16.2. The van der Waals surface area contributed by atoms with E-state index in [-0.39, 0.29) is 18.5 Å². The summed E-state index contributed by atoms with van der Waals surface area (Å²) in [5.41, 5.74) is 0. The first-order valence-electron chi connectivity index (χ1n) is 34.8. The Morgan fingerprint density at radius 2 is 0.649 bits per heavy atom. The molecule has 0 aliphatic heterocycles. The number of carbonyl (C=O) groups is 2. The van der Waals surface area contributed by atoms with Gasteiger partial charge in [-0.3, -0.25) is 9.59 Å². The highest BCUT2D eigenvalue weighted by atomic mass is 16.5. The van der Waals surface area contributed by atoms with Gasteiger partial charge >= 0.3 is 5.97 Å². The minimum atomic E-state index is -0.847. The van der Waals surface area contributed by atoms with Crippen molar-refractivity contribution in [3.05, 3.63) is 36.5 Å². The molecular weight excluding hydrogens is 947 g/mol. The van der Waals surface area contributed by atoms with E-state index in [0.29, 0.717) is 19.4 Å². The summed E-state index contributed by atoms with van der Waals surface area (Å²) in [4.78, 5) is 24.6. The van der Waals surface area contributed by atoms with Gasteiger partial charge in [0.1, 0.15) is 0 Å². The van der Waals surface area contributed by atoms with Gasteiger partial charge in [-0.1, -0.05) is 339 Å². The first-order valence-corrected chi connectivity index (χ1v) is 34.8. The summed E-state index contributed by atoms with van der Waals surface area (Å²) >= 11 is 0. The van der Waals surface area contributed by atoms with Crippen LogP contribution in [0.15, 0.2) is 36.5 Å². The Hall–Kier alpha value is -1.92. The van der Waals surface area contributed by atoms with Gasteiger partial charge in [0, 0.05) is 12.8 Å². The van der Waals surface area contributed by atoms with Gasteiger partial charge in [-0.2, -0.15) is 0 Å². The molecule has 0 aliphatic rings. The van der Waals surface area contributed by atoms with Crippen LogP contribution in [0, 0.1) is 0 Å². The number of aliphatic hydroxyl groups excluding tert-OH is 2. The molecule has 1 amide bonds. The number of carbonyl (C=O) groups excluding carboxylic acids is 2. The molecule has 0 aromatic carbocycles. The van der Waals surface area contributed by atoms with Gasteiger partial charge in [0.15, 0.2) is 0 Å². The summed E-state index contributed by atoms with van der Waals surface area (Å²) < 4.78 is 5.50. The molecule has 0 aromatic rings. The van der Waals surface area contributed by atoms with E-state index in [1.165, 1.54) is 302 Å². The molecule has 0 heterocycles. The van der Waals surface area contributed by atoms with Crippen LogP contribution in [0.3, 0.4) is 0 Å². The number of rotatable bonds is 65. The Morgan fingerprint density at radius 1 is 0.364 bits per heavy atom. The lowest BCUT2D eigenvalue weighted by molar-refractivity contribution is -0.143. The zero-order chi connectivity index (χ0) is 55.7. The molecule has 0 saturated heterocycles. The van der Waals surface area contributed by atoms with Crippen LogP contribution in [0.25, 0.3) is 0 Å². The summed E-state index contributed by atoms with van der Waals surface area (Å²) in [5.74, 6) is -0.0610. The second-order valence-corrected chi connectivity index (χ2v) is 23.9. The normalized spacial score (nSPS) is 12.7. The third-order valence-corrected chi connectivity index (χ3v) is 16.2. The second kappa shape index (κ2) is 66.6. The zero-order valence-electron chi connectivity index (χ0n) is 52.0. The number of aliphatic hydroxyl groups is 2. The maximum Gasteiger partial charge on any atom is 0.305 e. The summed E-state index contributed by atoms with van der Waals surface area (Å²) in [6, 6.07) is -0.630. The number of hydrogen-bond acceptors (Lipinski definition) is 5. The molecule has 3 N–H and O–H groups in total. The molecule has 0 fully saturated rings. The van der Waals surface area contributed by atoms with Crippen LogP contribution in [-0.4, -0.2) is 47.4 Å². The van der Waals surface area contributed by atoms with E-state index < -0.39 is 12.1 Å². The van der Waals surface area contributed by atoms with E-state index in [1.807, 2.05) is 6.08 Å². The topological polar surface area (TPSA) is 95.9 Å². The molecule has 0 radical (unpaired) electrons. The highest BCUT2D eigenvalue weighted by Crippen LogP contribution is 2.18. The first-order chi connectivity index (χ1) is 38.0. The van der Waals surface area contributed by atoms with Gasteiger partial charge in [0.05, 0.1) is 25.4 Å². The number of unbranched alkanes of at least 4 members (excludes halogenated alkanes) is 50. The van der Waals surface area contributed by atoms with Crippen LogP contribution in [0.1, 0.15) is 380 Å². The van der Waals surface area contributed by atoms with E-state index in [2.05, 4.69) is 43.5 Å². The highest BCUT2D eigenvalue weighted by Gasteiger charge is 2.18. The highest BCUT2D eigenvalue weighted by molar-refractivity contribution is 5.76. The lowest BCUT2D eigenvalue weighted by atomic mass is 10.0. The van der Waals surface area contributed by atoms with Crippen LogP contribution in [0.5, 0.6) is 0 Å². The Labute approximate surface area is 481 Å². The molecule has 77 heavy (non-hydrogen) atoms. The van der Waals surface area contributed by atoms with Crippen LogP contribution >= 0.6 is 0 Å². The zero-order valence-corrected chi connectivity index (χ0v) is 52.0. The predicted octanol–water partition coefficient (Wildman–Crippen LogP) is 22.3. The van der Waals surface area contributed by atoms with Crippen LogP contribution in [-0.2, 0) is 14.3 Å². The van der Waals surface area contributed by atoms with Crippen molar-refractivity contribution in [1.29, 1.82) is 0 Å². The SMILES string of the molecule is CCCCCC/C=C\C/C=C\CCCCCCCCCC(=O)OCCCCCCCCCCCCCCCCCCCCCCCC(=O)NC(CO)C(O)/C=C/CCCCCCCCCCCCCCCCCCCCC. The second-order valence-electron chi connectivity index (χ2n) is 23.9. The number of esters is 1. The summed E-state index contributed by atoms with van der Waals surface area (Å²) in [6.45, 7) is 4.91. The molecule has 0 saturated carbocycles. The molecule has 0 aliphatic carbocycles. The Morgan fingerprint density at radius 3 is 1.00 bits per heavy atom. The monoisotopic (exact) mass is 1080 g/mol. The molecule has 6 heteroatoms. The van der Waals surface area contributed by atoms with Gasteiger partial charge in [-0.25, -0.2) is 0 Å². The maximum absolute atomic E-state index is 12.5. The van der Waals surface area contributed by atoms with E-state index >= 15 is 0 Å². The molecule has 2 unspecified atom stereocenters. The third kappa shape index (κ3) is 63.1. The summed E-state index contributed by atoms with van der Waals surface area (Å²) in [6.07, 6.45) is 84.9. The number of allylic oxidation sites excluding steroid dienone is 5. The van der Waals surface area contributed by atoms with Gasteiger partial charge in [-0.05, 0) is 64.2 Å². The van der Waals surface area contributed by atoms with Gasteiger partial charge in [0.2, 0.25) is 5.91 Å². The van der Waals surface area contributed by atoms with Gasteiger partial charge < -0.3 is 20.3 Å². The van der Waals surface area contributed by atoms with Crippen molar-refractivity contribution in [3.8, 4) is 0 Å². The van der Waals surface area contributed by atoms with E-state index in [4.69, 9.17) is 4.74 Å². The average molecular weight is 1080 g/mol. The van der Waals surface area contributed by atoms with E-state index in [0.717, 1.165) is 51.4 Å². The maximum atomic E-state index is 12.5. The van der Waals surface area contributed by atoms with Crippen molar-refractivity contribution < 1.29 is 24.5 Å². The van der Waals surface area contributed by atoms with Gasteiger partial charge in [0.25, 0.3) is 0 Å². The largest absolute Gasteiger partial charge is 0.466 e. The molecule has 0 bridgehead atoms. The van der Waals surface area contributed by atoms with Crippen molar-refractivity contribution in [2.45, 2.75) is 392 Å². The molecule has 0 rings (SSSR count). The average Bonchev–Trinajstić information content (AvgIpc) is 3.43. The van der Waals surface area contributed by atoms with E-state index in [9.17, 15) is 19.8 Å². The van der Waals surface area contributed by atoms with Crippen molar-refractivity contribution in [2.24, 2.45) is 0 Å². The summed E-state index contributed by atoms with van der Waals surface area (Å²) in [5, 5.41) is 23.2. The van der Waals surface area contributed by atoms with E-state index in [1.54, 1.807) is 6.08 Å². The van der Waals surface area contributed by atoms with Crippen LogP contribution in [0.4, 0.5) is 0 Å². The minimum absolute atomic E-state index is 0.00466. The van der Waals surface area contributed by atoms with Crippen molar-refractivity contribution in [3.63, 3.8) is 0 Å². The van der Waals surface area contributed by atoms with Crippen molar-refractivity contribution in [2.75, 3.05) is 13.2 Å². The first kappa shape index (κ1) is 75.1.